The molecule has 30 heavy (non-hydrogen) atoms. The molecular formula is C20H21N3O7. The zero-order chi connectivity index (χ0) is 22.7. The van der Waals surface area contributed by atoms with Crippen molar-refractivity contribution in [2.24, 2.45) is 0 Å². The molecule has 0 spiro atoms. The molecule has 0 fully saturated rings. The van der Waals surface area contributed by atoms with E-state index in [1.54, 1.807) is 27.7 Å². The number of carboxylic acids is 1. The van der Waals surface area contributed by atoms with E-state index in [4.69, 9.17) is 5.11 Å². The Bertz CT molecular complexity index is 971. The molecule has 0 aliphatic rings. The van der Waals surface area contributed by atoms with Gasteiger partial charge in [0.05, 0.1) is 21.0 Å². The number of aromatic carboxylic acids is 1. The highest BCUT2D eigenvalue weighted by Gasteiger charge is 2.32. The lowest BCUT2D eigenvalue weighted by atomic mass is 9.97. The minimum absolute atomic E-state index is 0.0691. The summed E-state index contributed by atoms with van der Waals surface area (Å²) in [6, 6.07) is 6.51. The maximum absolute atomic E-state index is 13.0. The number of nitrogens with zero attached hydrogens (tertiary/aromatic N) is 3. The molecule has 2 aromatic carbocycles. The number of rotatable bonds is 7. The van der Waals surface area contributed by atoms with Crippen LogP contribution in [0.25, 0.3) is 11.1 Å². The first-order valence-electron chi connectivity index (χ1n) is 9.08. The van der Waals surface area contributed by atoms with Gasteiger partial charge in [0.25, 0.3) is 17.3 Å². The molecule has 0 bridgehead atoms. The van der Waals surface area contributed by atoms with Gasteiger partial charge in [-0.2, -0.15) is 0 Å². The van der Waals surface area contributed by atoms with Crippen LogP contribution in [0.3, 0.4) is 0 Å². The number of amides is 1. The lowest BCUT2D eigenvalue weighted by Gasteiger charge is -2.30. The standard InChI is InChI=1S/C20H21N3O7/c1-11(2)21(12(3)4)19(24)15-9-16(22(27)28)18(17(10-15)23(29)30)13-5-7-14(8-6-13)20(25)26/h5-12H,1-4H3,(H,25,26). The van der Waals surface area contributed by atoms with Crippen LogP contribution in [-0.4, -0.2) is 43.8 Å². The molecule has 158 valence electrons. The second-order valence-corrected chi connectivity index (χ2v) is 7.19. The molecule has 0 heterocycles. The number of benzene rings is 2. The van der Waals surface area contributed by atoms with Crippen LogP contribution in [0.4, 0.5) is 11.4 Å². The fourth-order valence-corrected chi connectivity index (χ4v) is 3.31. The van der Waals surface area contributed by atoms with Gasteiger partial charge in [0.2, 0.25) is 0 Å². The summed E-state index contributed by atoms with van der Waals surface area (Å²) in [4.78, 5) is 47.3. The number of hydrogen-bond donors (Lipinski definition) is 1. The van der Waals surface area contributed by atoms with E-state index in [-0.39, 0.29) is 34.3 Å². The van der Waals surface area contributed by atoms with Gasteiger partial charge in [-0.15, -0.1) is 0 Å². The fraction of sp³-hybridized carbons (Fsp3) is 0.300. The predicted molar refractivity (Wildman–Crippen MR) is 109 cm³/mol. The van der Waals surface area contributed by atoms with Crippen molar-refractivity contribution in [3.05, 3.63) is 67.8 Å². The van der Waals surface area contributed by atoms with E-state index in [1.165, 1.54) is 29.2 Å². The first-order valence-corrected chi connectivity index (χ1v) is 9.08. The Balaban J connectivity index is 2.75. The van der Waals surface area contributed by atoms with E-state index < -0.39 is 33.1 Å². The van der Waals surface area contributed by atoms with Crippen molar-refractivity contribution >= 4 is 23.3 Å². The third kappa shape index (κ3) is 4.43. The monoisotopic (exact) mass is 415 g/mol. The third-order valence-corrected chi connectivity index (χ3v) is 4.50. The molecule has 2 rings (SSSR count). The Kier molecular flexibility index (Phi) is 6.50. The van der Waals surface area contributed by atoms with E-state index >= 15 is 0 Å². The van der Waals surface area contributed by atoms with E-state index in [0.717, 1.165) is 12.1 Å². The zero-order valence-electron chi connectivity index (χ0n) is 16.9. The van der Waals surface area contributed by atoms with Crippen molar-refractivity contribution in [3.63, 3.8) is 0 Å². The molecule has 10 nitrogen and oxygen atoms in total. The summed E-state index contributed by atoms with van der Waals surface area (Å²) in [6.45, 7) is 7.11. The summed E-state index contributed by atoms with van der Waals surface area (Å²) >= 11 is 0. The van der Waals surface area contributed by atoms with Crippen molar-refractivity contribution < 1.29 is 24.5 Å². The van der Waals surface area contributed by atoms with Crippen molar-refractivity contribution in [1.82, 2.24) is 4.90 Å². The molecule has 0 aliphatic heterocycles. The fourth-order valence-electron chi connectivity index (χ4n) is 3.31. The van der Waals surface area contributed by atoms with Gasteiger partial charge in [-0.3, -0.25) is 25.0 Å². The van der Waals surface area contributed by atoms with Gasteiger partial charge in [-0.25, -0.2) is 4.79 Å². The SMILES string of the molecule is CC(C)N(C(=O)c1cc([N+](=O)[O-])c(-c2ccc(C(=O)O)cc2)c([N+](=O)[O-])c1)C(C)C. The average Bonchev–Trinajstić information content (AvgIpc) is 2.66. The number of nitro benzene ring substituents is 2. The summed E-state index contributed by atoms with van der Waals surface area (Å²) in [5, 5.41) is 32.5. The van der Waals surface area contributed by atoms with E-state index in [1.807, 2.05) is 0 Å². The molecule has 0 unspecified atom stereocenters. The zero-order valence-corrected chi connectivity index (χ0v) is 16.9. The van der Waals surface area contributed by atoms with Crippen molar-refractivity contribution in [2.75, 3.05) is 0 Å². The second-order valence-electron chi connectivity index (χ2n) is 7.19. The van der Waals surface area contributed by atoms with Crippen LogP contribution in [0.1, 0.15) is 48.4 Å². The van der Waals surface area contributed by atoms with Gasteiger partial charge in [-0.1, -0.05) is 12.1 Å². The smallest absolute Gasteiger partial charge is 0.335 e. The quantitative estimate of drug-likeness (QED) is 0.529. The summed E-state index contributed by atoms with van der Waals surface area (Å²) < 4.78 is 0. The molecule has 1 amide bonds. The van der Waals surface area contributed by atoms with Crippen LogP contribution in [0.2, 0.25) is 0 Å². The van der Waals surface area contributed by atoms with E-state index in [9.17, 15) is 29.8 Å². The van der Waals surface area contributed by atoms with Crippen LogP contribution in [0.15, 0.2) is 36.4 Å². The van der Waals surface area contributed by atoms with Gasteiger partial charge >= 0.3 is 5.97 Å². The Morgan fingerprint density at radius 3 is 1.63 bits per heavy atom. The molecule has 0 radical (unpaired) electrons. The van der Waals surface area contributed by atoms with Gasteiger partial charge in [-0.05, 0) is 45.4 Å². The minimum Gasteiger partial charge on any atom is -0.478 e. The summed E-state index contributed by atoms with van der Waals surface area (Å²) in [5.41, 5.74) is -1.64. The van der Waals surface area contributed by atoms with Gasteiger partial charge < -0.3 is 10.0 Å². The summed E-state index contributed by atoms with van der Waals surface area (Å²) in [6.07, 6.45) is 0. The maximum atomic E-state index is 13.0. The molecule has 0 aromatic heterocycles. The van der Waals surface area contributed by atoms with Gasteiger partial charge in [0.15, 0.2) is 0 Å². The maximum Gasteiger partial charge on any atom is 0.335 e. The Hall–Kier alpha value is -3.82. The number of nitro groups is 2. The lowest BCUT2D eigenvalue weighted by Crippen LogP contribution is -2.42. The minimum atomic E-state index is -1.20. The molecular weight excluding hydrogens is 394 g/mol. The molecule has 10 heteroatoms. The van der Waals surface area contributed by atoms with E-state index in [0.29, 0.717) is 0 Å². The molecule has 0 atom stereocenters. The Labute approximate surface area is 172 Å². The lowest BCUT2D eigenvalue weighted by molar-refractivity contribution is -0.392. The summed E-state index contributed by atoms with van der Waals surface area (Å²) in [5.74, 6) is -1.76. The van der Waals surface area contributed by atoms with Crippen LogP contribution in [0.5, 0.6) is 0 Å². The highest BCUT2D eigenvalue weighted by atomic mass is 16.6. The molecule has 1 N–H and O–H groups in total. The van der Waals surface area contributed by atoms with Crippen molar-refractivity contribution in [2.45, 2.75) is 39.8 Å². The number of carbonyl (C=O) groups is 2. The second kappa shape index (κ2) is 8.68. The molecule has 0 aliphatic carbocycles. The number of carbonyl (C=O) groups excluding carboxylic acids is 1. The van der Waals surface area contributed by atoms with E-state index in [2.05, 4.69) is 0 Å². The number of hydrogen-bond acceptors (Lipinski definition) is 6. The largest absolute Gasteiger partial charge is 0.478 e. The number of carboxylic acid groups (broad SMARTS) is 1. The highest BCUT2D eigenvalue weighted by Crippen LogP contribution is 2.39. The van der Waals surface area contributed by atoms with Crippen molar-refractivity contribution in [3.8, 4) is 11.1 Å². The molecule has 2 aromatic rings. The first kappa shape index (κ1) is 22.5. The molecule has 0 saturated carbocycles. The Morgan fingerprint density at radius 1 is 0.867 bits per heavy atom. The van der Waals surface area contributed by atoms with Crippen LogP contribution in [0, 0.1) is 20.2 Å². The molecule has 0 saturated heterocycles. The Morgan fingerprint density at radius 2 is 1.30 bits per heavy atom. The summed E-state index contributed by atoms with van der Waals surface area (Å²) in [7, 11) is 0. The predicted octanol–water partition coefficient (Wildman–Crippen LogP) is 4.13. The highest BCUT2D eigenvalue weighted by molar-refractivity contribution is 5.99. The normalized spacial score (nSPS) is 10.9. The van der Waals surface area contributed by atoms with Crippen LogP contribution < -0.4 is 0 Å². The van der Waals surface area contributed by atoms with Crippen LogP contribution in [-0.2, 0) is 0 Å². The van der Waals surface area contributed by atoms with Crippen molar-refractivity contribution in [1.29, 1.82) is 0 Å². The van der Waals surface area contributed by atoms with Gasteiger partial charge in [0, 0.05) is 24.2 Å². The topological polar surface area (TPSA) is 144 Å². The third-order valence-electron chi connectivity index (χ3n) is 4.50. The van der Waals surface area contributed by atoms with Gasteiger partial charge in [0.1, 0.15) is 5.56 Å². The first-order chi connectivity index (χ1) is 14.0. The average molecular weight is 415 g/mol. The van der Waals surface area contributed by atoms with Crippen LogP contribution >= 0.6 is 0 Å².